The smallest absolute Gasteiger partial charge is 0.141 e. The Kier molecular flexibility index (Phi) is 3.95. The highest BCUT2D eigenvalue weighted by Crippen LogP contribution is 2.50. The lowest BCUT2D eigenvalue weighted by molar-refractivity contribution is 0.435. The van der Waals surface area contributed by atoms with Crippen molar-refractivity contribution in [2.45, 2.75) is 48.8 Å². The zero-order chi connectivity index (χ0) is 12.5. The Morgan fingerprint density at radius 3 is 2.76 bits per heavy atom. The second-order valence-corrected chi connectivity index (χ2v) is 7.10. The number of fused-ring (bicyclic) bond motifs is 1. The van der Waals surface area contributed by atoms with E-state index in [1.165, 1.54) is 35.4 Å². The summed E-state index contributed by atoms with van der Waals surface area (Å²) in [5.74, 6) is 0. The number of anilines is 1. The minimum Gasteiger partial charge on any atom is -0.343 e. The van der Waals surface area contributed by atoms with Gasteiger partial charge in [0, 0.05) is 10.4 Å². The van der Waals surface area contributed by atoms with Crippen molar-refractivity contribution in [3.05, 3.63) is 24.3 Å². The lowest BCUT2D eigenvalue weighted by atomic mass is 9.96. The number of rotatable bonds is 4. The van der Waals surface area contributed by atoms with Gasteiger partial charge in [-0.3, -0.25) is 5.14 Å². The van der Waals surface area contributed by atoms with Gasteiger partial charge in [-0.05, 0) is 44.3 Å². The van der Waals surface area contributed by atoms with E-state index in [2.05, 4.69) is 49.9 Å². The van der Waals surface area contributed by atoms with E-state index < -0.39 is 0 Å². The van der Waals surface area contributed by atoms with Gasteiger partial charge in [-0.1, -0.05) is 37.2 Å². The van der Waals surface area contributed by atoms with Crippen LogP contribution in [0.5, 0.6) is 0 Å². The van der Waals surface area contributed by atoms with Gasteiger partial charge in [0.2, 0.25) is 0 Å². The molecule has 0 aliphatic carbocycles. The molecule has 2 rings (SSSR count). The maximum absolute atomic E-state index is 5.85. The number of para-hydroxylation sites is 1. The first kappa shape index (κ1) is 13.1. The molecule has 0 radical (unpaired) electrons. The zero-order valence-corrected chi connectivity index (χ0v) is 12.3. The summed E-state index contributed by atoms with van der Waals surface area (Å²) in [6, 6.07) is 8.60. The third-order valence-corrected chi connectivity index (χ3v) is 5.27. The molecule has 1 heterocycles. The molecule has 0 amide bonds. The Labute approximate surface area is 112 Å². The molecule has 1 aromatic rings. The van der Waals surface area contributed by atoms with Gasteiger partial charge in [-0.15, -0.1) is 0 Å². The molecule has 94 valence electrons. The van der Waals surface area contributed by atoms with E-state index in [4.69, 9.17) is 5.14 Å². The molecule has 17 heavy (non-hydrogen) atoms. The van der Waals surface area contributed by atoms with Crippen molar-refractivity contribution in [1.82, 2.24) is 0 Å². The van der Waals surface area contributed by atoms with Crippen molar-refractivity contribution in [3.63, 3.8) is 0 Å². The van der Waals surface area contributed by atoms with Gasteiger partial charge in [0.25, 0.3) is 0 Å². The average Bonchev–Trinajstić information content (AvgIpc) is 2.67. The molecule has 0 saturated heterocycles. The van der Waals surface area contributed by atoms with Gasteiger partial charge in [-0.2, -0.15) is 0 Å². The summed E-state index contributed by atoms with van der Waals surface area (Å²) < 4.78 is 0.300. The summed E-state index contributed by atoms with van der Waals surface area (Å²) in [7, 11) is 0. The first-order valence-corrected chi connectivity index (χ1v) is 7.83. The summed E-state index contributed by atoms with van der Waals surface area (Å²) >= 11 is 3.30. The summed E-state index contributed by atoms with van der Waals surface area (Å²) in [6.07, 6.45) is 2.37. The summed E-state index contributed by atoms with van der Waals surface area (Å²) in [4.78, 5) is 3.82. The molecule has 2 N–H and O–H groups in total. The molecule has 1 aromatic carbocycles. The van der Waals surface area contributed by atoms with Crippen LogP contribution in [0, 0.1) is 0 Å². The predicted molar refractivity (Wildman–Crippen MR) is 79.3 cm³/mol. The maximum atomic E-state index is 5.85. The standard InChI is InChI=1S/C13H20N2S2/c1-4-9-13(2,3)15-10-7-5-6-8-11(10)16-12(15)17-14/h5-8,12H,4,9,14H2,1-3H3. The van der Waals surface area contributed by atoms with Crippen LogP contribution in [-0.4, -0.2) is 10.2 Å². The van der Waals surface area contributed by atoms with Crippen LogP contribution in [0.2, 0.25) is 0 Å². The monoisotopic (exact) mass is 268 g/mol. The highest BCUT2D eigenvalue weighted by atomic mass is 32.2. The van der Waals surface area contributed by atoms with Gasteiger partial charge in [0.15, 0.2) is 0 Å². The zero-order valence-electron chi connectivity index (χ0n) is 10.6. The van der Waals surface area contributed by atoms with Gasteiger partial charge in [0.05, 0.1) is 5.69 Å². The molecule has 1 atom stereocenters. The van der Waals surface area contributed by atoms with Crippen LogP contribution in [-0.2, 0) is 0 Å². The number of nitrogens with two attached hydrogens (primary N) is 1. The number of hydrogen-bond acceptors (Lipinski definition) is 4. The first-order valence-electron chi connectivity index (χ1n) is 6.00. The fourth-order valence-corrected chi connectivity index (χ4v) is 4.68. The Balaban J connectivity index is 2.36. The molecule has 1 aliphatic rings. The molecule has 0 fully saturated rings. The number of nitrogens with zero attached hydrogens (tertiary/aromatic N) is 1. The Morgan fingerprint density at radius 2 is 2.12 bits per heavy atom. The minimum atomic E-state index is 0.158. The molecular formula is C13H20N2S2. The van der Waals surface area contributed by atoms with E-state index in [0.29, 0.717) is 4.71 Å². The molecule has 0 aromatic heterocycles. The lowest BCUT2D eigenvalue weighted by Crippen LogP contribution is -2.46. The van der Waals surface area contributed by atoms with Crippen LogP contribution in [0.1, 0.15) is 33.6 Å². The van der Waals surface area contributed by atoms with Crippen LogP contribution in [0.15, 0.2) is 29.2 Å². The van der Waals surface area contributed by atoms with Gasteiger partial charge in [0.1, 0.15) is 4.71 Å². The number of thioether (sulfide) groups is 1. The second kappa shape index (κ2) is 5.12. The van der Waals surface area contributed by atoms with Crippen molar-refractivity contribution in [2.24, 2.45) is 5.14 Å². The molecule has 2 nitrogen and oxygen atoms in total. The lowest BCUT2D eigenvalue weighted by Gasteiger charge is -2.40. The van der Waals surface area contributed by atoms with Crippen molar-refractivity contribution in [3.8, 4) is 0 Å². The minimum absolute atomic E-state index is 0.158. The normalized spacial score (nSPS) is 19.5. The Bertz CT molecular complexity index is 393. The molecule has 0 bridgehead atoms. The fourth-order valence-electron chi connectivity index (χ4n) is 2.46. The molecule has 4 heteroatoms. The summed E-state index contributed by atoms with van der Waals surface area (Å²) in [6.45, 7) is 6.85. The SMILES string of the molecule is CCCC(C)(C)N1c2ccccc2SC1SN. The predicted octanol–water partition coefficient (Wildman–Crippen LogP) is 4.07. The van der Waals surface area contributed by atoms with E-state index in [9.17, 15) is 0 Å². The Morgan fingerprint density at radius 1 is 1.41 bits per heavy atom. The van der Waals surface area contributed by atoms with Gasteiger partial charge >= 0.3 is 0 Å². The largest absolute Gasteiger partial charge is 0.343 e. The average molecular weight is 268 g/mol. The van der Waals surface area contributed by atoms with Gasteiger partial charge in [-0.25, -0.2) is 0 Å². The number of benzene rings is 1. The van der Waals surface area contributed by atoms with Gasteiger partial charge < -0.3 is 4.90 Å². The first-order chi connectivity index (χ1) is 8.10. The molecule has 1 aliphatic heterocycles. The van der Waals surface area contributed by atoms with Crippen LogP contribution >= 0.6 is 23.7 Å². The molecule has 1 unspecified atom stereocenters. The summed E-state index contributed by atoms with van der Waals surface area (Å²) in [5.41, 5.74) is 1.49. The highest BCUT2D eigenvalue weighted by molar-refractivity contribution is 8.16. The maximum Gasteiger partial charge on any atom is 0.141 e. The van der Waals surface area contributed by atoms with E-state index >= 15 is 0 Å². The third-order valence-electron chi connectivity index (χ3n) is 3.19. The van der Waals surface area contributed by atoms with Crippen LogP contribution in [0.4, 0.5) is 5.69 Å². The number of hydrogen-bond donors (Lipinski definition) is 1. The van der Waals surface area contributed by atoms with Crippen LogP contribution < -0.4 is 10.0 Å². The second-order valence-electron chi connectivity index (χ2n) is 4.96. The molecular weight excluding hydrogens is 248 g/mol. The van der Waals surface area contributed by atoms with Crippen LogP contribution in [0.25, 0.3) is 0 Å². The topological polar surface area (TPSA) is 29.3 Å². The van der Waals surface area contributed by atoms with Crippen molar-refractivity contribution in [1.29, 1.82) is 0 Å². The van der Waals surface area contributed by atoms with Crippen LogP contribution in [0.3, 0.4) is 0 Å². The summed E-state index contributed by atoms with van der Waals surface area (Å²) in [5, 5.41) is 5.85. The molecule has 0 saturated carbocycles. The van der Waals surface area contributed by atoms with Crippen molar-refractivity contribution in [2.75, 3.05) is 4.90 Å². The fraction of sp³-hybridized carbons (Fsp3) is 0.538. The molecule has 0 spiro atoms. The van der Waals surface area contributed by atoms with E-state index in [1.54, 1.807) is 0 Å². The third kappa shape index (κ3) is 2.44. The highest BCUT2D eigenvalue weighted by Gasteiger charge is 2.38. The quantitative estimate of drug-likeness (QED) is 0.834. The Hall–Kier alpha value is -0.320. The van der Waals surface area contributed by atoms with Crippen molar-refractivity contribution < 1.29 is 0 Å². The van der Waals surface area contributed by atoms with E-state index in [-0.39, 0.29) is 5.54 Å². The van der Waals surface area contributed by atoms with E-state index in [1.807, 2.05) is 11.8 Å². The van der Waals surface area contributed by atoms with E-state index in [0.717, 1.165) is 0 Å². The van der Waals surface area contributed by atoms with Crippen molar-refractivity contribution >= 4 is 29.4 Å².